The average Bonchev–Trinajstić information content (AvgIpc) is 3.09. The third-order valence-corrected chi connectivity index (χ3v) is 5.79. The van der Waals surface area contributed by atoms with Crippen molar-refractivity contribution in [2.75, 3.05) is 0 Å². The molecule has 0 bridgehead atoms. The Bertz CT molecular complexity index is 824. The van der Waals surface area contributed by atoms with Crippen LogP contribution in [0.3, 0.4) is 0 Å². The Hall–Kier alpha value is -2.27. The Balaban J connectivity index is 1.72. The van der Waals surface area contributed by atoms with Crippen LogP contribution in [-0.2, 0) is 9.59 Å². The Labute approximate surface area is 143 Å². The SMILES string of the molecule is O=C1C[C@@H](c2ccc(F)cc2)C2=C(C[C@H](c3cccs3)CC2=O)N1. The molecule has 2 atom stereocenters. The molecule has 4 rings (SSSR count). The molecule has 1 aromatic carbocycles. The van der Waals surface area contributed by atoms with E-state index in [-0.39, 0.29) is 35.8 Å². The van der Waals surface area contributed by atoms with Crippen LogP contribution < -0.4 is 5.32 Å². The van der Waals surface area contributed by atoms with E-state index in [1.807, 2.05) is 17.5 Å². The third-order valence-electron chi connectivity index (χ3n) is 4.75. The highest BCUT2D eigenvalue weighted by molar-refractivity contribution is 7.10. The predicted octanol–water partition coefficient (Wildman–Crippen LogP) is 3.89. The Kier molecular flexibility index (Phi) is 3.81. The summed E-state index contributed by atoms with van der Waals surface area (Å²) in [6.07, 6.45) is 1.37. The second-order valence-electron chi connectivity index (χ2n) is 6.29. The van der Waals surface area contributed by atoms with E-state index in [1.165, 1.54) is 17.0 Å². The summed E-state index contributed by atoms with van der Waals surface area (Å²) in [6, 6.07) is 10.1. The van der Waals surface area contributed by atoms with Gasteiger partial charge in [-0.05, 0) is 35.6 Å². The van der Waals surface area contributed by atoms with E-state index in [0.717, 1.165) is 11.3 Å². The van der Waals surface area contributed by atoms with Crippen molar-refractivity contribution >= 4 is 23.0 Å². The van der Waals surface area contributed by atoms with Crippen molar-refractivity contribution in [3.8, 4) is 0 Å². The van der Waals surface area contributed by atoms with Gasteiger partial charge in [-0.2, -0.15) is 0 Å². The fraction of sp³-hybridized carbons (Fsp3) is 0.263. The Morgan fingerprint density at radius 1 is 1.04 bits per heavy atom. The van der Waals surface area contributed by atoms with Crippen LogP contribution in [0.2, 0.25) is 0 Å². The van der Waals surface area contributed by atoms with Crippen molar-refractivity contribution in [2.45, 2.75) is 31.1 Å². The molecule has 2 heterocycles. The van der Waals surface area contributed by atoms with Gasteiger partial charge in [-0.1, -0.05) is 18.2 Å². The van der Waals surface area contributed by atoms with Gasteiger partial charge in [0, 0.05) is 40.8 Å². The maximum Gasteiger partial charge on any atom is 0.225 e. The van der Waals surface area contributed by atoms with Crippen LogP contribution in [0.1, 0.15) is 41.5 Å². The van der Waals surface area contributed by atoms with Gasteiger partial charge in [-0.3, -0.25) is 9.59 Å². The maximum atomic E-state index is 13.2. The van der Waals surface area contributed by atoms with Crippen LogP contribution in [-0.4, -0.2) is 11.7 Å². The van der Waals surface area contributed by atoms with E-state index in [9.17, 15) is 14.0 Å². The summed E-state index contributed by atoms with van der Waals surface area (Å²) in [6.45, 7) is 0. The number of amides is 1. The van der Waals surface area contributed by atoms with Crippen molar-refractivity contribution in [3.05, 3.63) is 69.3 Å². The van der Waals surface area contributed by atoms with Crippen molar-refractivity contribution < 1.29 is 14.0 Å². The quantitative estimate of drug-likeness (QED) is 0.901. The molecule has 24 heavy (non-hydrogen) atoms. The lowest BCUT2D eigenvalue weighted by molar-refractivity contribution is -0.122. The summed E-state index contributed by atoms with van der Waals surface area (Å²) < 4.78 is 13.2. The minimum absolute atomic E-state index is 0.0808. The number of allylic oxidation sites excluding steroid dienone is 2. The lowest BCUT2D eigenvalue weighted by Crippen LogP contribution is -2.38. The first kappa shape index (κ1) is 15.3. The molecule has 5 heteroatoms. The van der Waals surface area contributed by atoms with E-state index in [2.05, 4.69) is 5.32 Å². The number of thiophene rings is 1. The van der Waals surface area contributed by atoms with E-state index in [0.29, 0.717) is 18.4 Å². The minimum Gasteiger partial charge on any atom is -0.329 e. The minimum atomic E-state index is -0.319. The molecule has 2 aliphatic rings. The van der Waals surface area contributed by atoms with Crippen LogP contribution >= 0.6 is 11.3 Å². The summed E-state index contributed by atoms with van der Waals surface area (Å²) in [7, 11) is 0. The van der Waals surface area contributed by atoms with Crippen molar-refractivity contribution in [3.63, 3.8) is 0 Å². The van der Waals surface area contributed by atoms with Gasteiger partial charge in [0.05, 0.1) is 0 Å². The van der Waals surface area contributed by atoms with Gasteiger partial charge < -0.3 is 5.32 Å². The summed E-state index contributed by atoms with van der Waals surface area (Å²) in [4.78, 5) is 26.1. The second-order valence-corrected chi connectivity index (χ2v) is 7.27. The van der Waals surface area contributed by atoms with Gasteiger partial charge in [-0.15, -0.1) is 11.3 Å². The standard InChI is InChI=1S/C19H16FNO2S/c20-13-5-3-11(4-6-13)14-10-18(23)21-15-8-12(9-16(22)19(14)15)17-2-1-7-24-17/h1-7,12,14H,8-10H2,(H,21,23)/t12-,14-/m0/s1. The molecule has 3 nitrogen and oxygen atoms in total. The van der Waals surface area contributed by atoms with Crippen LogP contribution in [0.25, 0.3) is 0 Å². The molecule has 2 aromatic rings. The second kappa shape index (κ2) is 5.98. The molecule has 0 fully saturated rings. The number of carbonyl (C=O) groups is 2. The molecule has 0 unspecified atom stereocenters. The fourth-order valence-corrected chi connectivity index (χ4v) is 4.50. The van der Waals surface area contributed by atoms with Crippen LogP contribution in [0.15, 0.2) is 53.0 Å². The van der Waals surface area contributed by atoms with Crippen molar-refractivity contribution in [1.29, 1.82) is 0 Å². The van der Waals surface area contributed by atoms with Crippen LogP contribution in [0, 0.1) is 5.82 Å². The average molecular weight is 341 g/mol. The molecule has 1 N–H and O–H groups in total. The first-order valence-electron chi connectivity index (χ1n) is 7.97. The van der Waals surface area contributed by atoms with Gasteiger partial charge in [0.25, 0.3) is 0 Å². The fourth-order valence-electron chi connectivity index (χ4n) is 3.66. The molecule has 0 saturated heterocycles. The predicted molar refractivity (Wildman–Crippen MR) is 90.2 cm³/mol. The first-order chi connectivity index (χ1) is 11.6. The topological polar surface area (TPSA) is 46.2 Å². The maximum absolute atomic E-state index is 13.2. The number of rotatable bonds is 2. The van der Waals surface area contributed by atoms with E-state index >= 15 is 0 Å². The monoisotopic (exact) mass is 341 g/mol. The van der Waals surface area contributed by atoms with Crippen molar-refractivity contribution in [2.24, 2.45) is 0 Å². The molecule has 1 aliphatic carbocycles. The number of carbonyl (C=O) groups excluding carboxylic acids is 2. The number of Topliss-reactive ketones (excluding diaryl/α,β-unsaturated/α-hetero) is 1. The summed E-state index contributed by atoms with van der Waals surface area (Å²) in [5.74, 6) is -0.456. The molecule has 0 radical (unpaired) electrons. The zero-order valence-corrected chi connectivity index (χ0v) is 13.7. The van der Waals surface area contributed by atoms with Gasteiger partial charge in [0.1, 0.15) is 5.82 Å². The molecule has 0 spiro atoms. The van der Waals surface area contributed by atoms with Gasteiger partial charge >= 0.3 is 0 Å². The van der Waals surface area contributed by atoms with E-state index in [1.54, 1.807) is 23.5 Å². The molecule has 1 aromatic heterocycles. The Morgan fingerprint density at radius 2 is 1.83 bits per heavy atom. The number of ketones is 1. The van der Waals surface area contributed by atoms with Gasteiger partial charge in [0.2, 0.25) is 5.91 Å². The number of nitrogens with one attached hydrogen (secondary N) is 1. The molecule has 1 aliphatic heterocycles. The molecular formula is C19H16FNO2S. The lowest BCUT2D eigenvalue weighted by Gasteiger charge is -2.34. The van der Waals surface area contributed by atoms with Gasteiger partial charge in [-0.25, -0.2) is 4.39 Å². The Morgan fingerprint density at radius 3 is 2.54 bits per heavy atom. The molecule has 1 amide bonds. The molecular weight excluding hydrogens is 325 g/mol. The number of halogens is 1. The first-order valence-corrected chi connectivity index (χ1v) is 8.84. The number of hydrogen-bond acceptors (Lipinski definition) is 3. The number of hydrogen-bond donors (Lipinski definition) is 1. The number of benzene rings is 1. The highest BCUT2D eigenvalue weighted by Crippen LogP contribution is 2.43. The molecule has 122 valence electrons. The van der Waals surface area contributed by atoms with Crippen molar-refractivity contribution in [1.82, 2.24) is 5.32 Å². The molecule has 0 saturated carbocycles. The van der Waals surface area contributed by atoms with Gasteiger partial charge in [0.15, 0.2) is 5.78 Å². The summed E-state index contributed by atoms with van der Waals surface area (Å²) in [5, 5.41) is 4.91. The highest BCUT2D eigenvalue weighted by Gasteiger charge is 2.38. The van der Waals surface area contributed by atoms with Crippen LogP contribution in [0.5, 0.6) is 0 Å². The zero-order valence-electron chi connectivity index (χ0n) is 12.9. The highest BCUT2D eigenvalue weighted by atomic mass is 32.1. The lowest BCUT2D eigenvalue weighted by atomic mass is 9.75. The van der Waals surface area contributed by atoms with E-state index < -0.39 is 0 Å². The normalized spacial score (nSPS) is 23.9. The van der Waals surface area contributed by atoms with E-state index in [4.69, 9.17) is 0 Å². The smallest absolute Gasteiger partial charge is 0.225 e. The largest absolute Gasteiger partial charge is 0.329 e. The summed E-state index contributed by atoms with van der Waals surface area (Å²) in [5.41, 5.74) is 2.27. The summed E-state index contributed by atoms with van der Waals surface area (Å²) >= 11 is 1.64. The third kappa shape index (κ3) is 2.69. The van der Waals surface area contributed by atoms with Crippen LogP contribution in [0.4, 0.5) is 4.39 Å². The zero-order chi connectivity index (χ0) is 16.7.